The number of rotatable bonds is 6. The van der Waals surface area contributed by atoms with Crippen LogP contribution >= 0.6 is 11.6 Å². The molecule has 0 amide bonds. The van der Waals surface area contributed by atoms with Crippen molar-refractivity contribution in [3.8, 4) is 11.1 Å². The zero-order valence-electron chi connectivity index (χ0n) is 24.0. The molecule has 0 aliphatic carbocycles. The normalized spacial score (nSPS) is 16.2. The fourth-order valence-corrected chi connectivity index (χ4v) is 6.15. The number of allylic oxidation sites excluding steroid dienone is 3. The third-order valence-electron chi connectivity index (χ3n) is 8.23. The molecule has 1 saturated heterocycles. The van der Waals surface area contributed by atoms with Crippen LogP contribution in [0, 0.1) is 5.82 Å². The summed E-state index contributed by atoms with van der Waals surface area (Å²) >= 11 is 6.75. The van der Waals surface area contributed by atoms with E-state index in [0.717, 1.165) is 54.9 Å². The summed E-state index contributed by atoms with van der Waals surface area (Å²) in [6, 6.07) is 12.8. The first-order valence-electron chi connectivity index (χ1n) is 14.4. The van der Waals surface area contributed by atoms with Crippen LogP contribution in [0.1, 0.15) is 43.7 Å². The Morgan fingerprint density at radius 2 is 1.93 bits per heavy atom. The van der Waals surface area contributed by atoms with Crippen LogP contribution in [0.2, 0.25) is 5.02 Å². The number of nitrogens with one attached hydrogen (secondary N) is 2. The quantitative estimate of drug-likeness (QED) is 0.262. The first-order valence-corrected chi connectivity index (χ1v) is 14.8. The Labute approximate surface area is 249 Å². The minimum atomic E-state index is -0.226. The Morgan fingerprint density at radius 1 is 1.12 bits per heavy atom. The van der Waals surface area contributed by atoms with E-state index < -0.39 is 0 Å². The number of piperidine rings is 1. The van der Waals surface area contributed by atoms with Crippen LogP contribution in [0.15, 0.2) is 71.3 Å². The number of dihydropyridines is 1. The number of aryl methyl sites for hydroxylation is 1. The largest absolute Gasteiger partial charge is 0.385 e. The molecule has 0 unspecified atom stereocenters. The van der Waals surface area contributed by atoms with Gasteiger partial charge in [-0.1, -0.05) is 35.9 Å². The highest BCUT2D eigenvalue weighted by atomic mass is 35.5. The number of pyridine rings is 1. The predicted molar refractivity (Wildman–Crippen MR) is 169 cm³/mol. The lowest BCUT2D eigenvalue weighted by molar-refractivity contribution is 0.253. The average Bonchev–Trinajstić information content (AvgIpc) is 2.98. The molecule has 42 heavy (non-hydrogen) atoms. The molecule has 4 heterocycles. The van der Waals surface area contributed by atoms with Gasteiger partial charge in [-0.25, -0.2) is 9.37 Å². The van der Waals surface area contributed by atoms with E-state index in [9.17, 15) is 4.79 Å². The fourth-order valence-electron chi connectivity index (χ4n) is 5.87. The van der Waals surface area contributed by atoms with Gasteiger partial charge in [0.1, 0.15) is 11.5 Å². The number of likely N-dealkylation sites (tertiary alicyclic amines) is 1. The van der Waals surface area contributed by atoms with E-state index in [2.05, 4.69) is 44.7 Å². The first kappa shape index (κ1) is 28.1. The van der Waals surface area contributed by atoms with E-state index >= 15 is 4.39 Å². The van der Waals surface area contributed by atoms with Gasteiger partial charge in [0.2, 0.25) is 5.95 Å². The molecule has 0 spiro atoms. The van der Waals surface area contributed by atoms with E-state index in [1.165, 1.54) is 6.07 Å². The molecule has 2 aromatic heterocycles. The van der Waals surface area contributed by atoms with Crippen molar-refractivity contribution in [3.05, 3.63) is 98.8 Å². The second-order valence-corrected chi connectivity index (χ2v) is 11.5. The minimum Gasteiger partial charge on any atom is -0.385 e. The topological polar surface area (TPSA) is 75.1 Å². The summed E-state index contributed by atoms with van der Waals surface area (Å²) in [5.74, 6) is 0.299. The lowest BCUT2D eigenvalue weighted by Gasteiger charge is -2.29. The maximum absolute atomic E-state index is 15.1. The summed E-state index contributed by atoms with van der Waals surface area (Å²) in [4.78, 5) is 25.1. The Hall–Kier alpha value is -4.01. The van der Waals surface area contributed by atoms with Crippen LogP contribution in [0.5, 0.6) is 0 Å². The summed E-state index contributed by atoms with van der Waals surface area (Å²) in [6.07, 6.45) is 7.77. The summed E-state index contributed by atoms with van der Waals surface area (Å²) in [5, 5.41) is 7.61. The fraction of sp³-hybridized carbons (Fsp3) is 0.303. The van der Waals surface area contributed by atoms with Crippen molar-refractivity contribution in [1.82, 2.24) is 24.8 Å². The van der Waals surface area contributed by atoms with E-state index in [1.54, 1.807) is 16.8 Å². The average molecular weight is 585 g/mol. The van der Waals surface area contributed by atoms with Gasteiger partial charge in [-0.15, -0.1) is 0 Å². The molecule has 1 fully saturated rings. The zero-order chi connectivity index (χ0) is 29.4. The van der Waals surface area contributed by atoms with Crippen LogP contribution in [0.25, 0.3) is 27.7 Å². The number of anilines is 2. The van der Waals surface area contributed by atoms with Crippen molar-refractivity contribution in [2.45, 2.75) is 39.2 Å². The van der Waals surface area contributed by atoms with Gasteiger partial charge in [-0.05, 0) is 99.8 Å². The minimum absolute atomic E-state index is 0.186. The Kier molecular flexibility index (Phi) is 7.84. The number of benzene rings is 2. The van der Waals surface area contributed by atoms with Crippen LogP contribution in [0.4, 0.5) is 16.0 Å². The van der Waals surface area contributed by atoms with Crippen molar-refractivity contribution in [2.24, 2.45) is 0 Å². The van der Waals surface area contributed by atoms with Gasteiger partial charge in [0.15, 0.2) is 0 Å². The second-order valence-electron chi connectivity index (χ2n) is 11.1. The van der Waals surface area contributed by atoms with Gasteiger partial charge in [-0.3, -0.25) is 9.36 Å². The molecule has 2 aromatic carbocycles. The zero-order valence-corrected chi connectivity index (χ0v) is 24.8. The van der Waals surface area contributed by atoms with Gasteiger partial charge in [-0.2, -0.15) is 4.98 Å². The van der Waals surface area contributed by atoms with Gasteiger partial charge in [0.05, 0.1) is 0 Å². The van der Waals surface area contributed by atoms with Crippen LogP contribution < -0.4 is 16.2 Å². The lowest BCUT2D eigenvalue weighted by atomic mass is 9.89. The molecule has 7 nitrogen and oxygen atoms in total. The third-order valence-corrected chi connectivity index (χ3v) is 8.54. The van der Waals surface area contributed by atoms with E-state index in [0.29, 0.717) is 45.4 Å². The van der Waals surface area contributed by atoms with Crippen LogP contribution in [0.3, 0.4) is 0 Å². The molecule has 0 radical (unpaired) electrons. The highest BCUT2D eigenvalue weighted by Crippen LogP contribution is 2.33. The Bertz CT molecular complexity index is 1790. The highest BCUT2D eigenvalue weighted by Gasteiger charge is 2.22. The van der Waals surface area contributed by atoms with Gasteiger partial charge >= 0.3 is 0 Å². The summed E-state index contributed by atoms with van der Waals surface area (Å²) < 4.78 is 16.7. The van der Waals surface area contributed by atoms with Crippen LogP contribution in [-0.2, 0) is 6.54 Å². The maximum Gasteiger partial charge on any atom is 0.260 e. The van der Waals surface area contributed by atoms with Gasteiger partial charge < -0.3 is 15.5 Å². The van der Waals surface area contributed by atoms with Crippen LogP contribution in [-0.4, -0.2) is 46.1 Å². The van der Waals surface area contributed by atoms with Crippen molar-refractivity contribution < 1.29 is 4.39 Å². The standard InChI is InChI=1S/C33H34ClFN6O/c1-4-41-31-24(16-28(32(41)42)27-7-5-22(17-29(27)34)23-9-12-36-20(2)15-23)19-37-33(39-31)38-25-6-8-26(30(35)18-25)21-10-13-40(3)14-11-21/h5-9,15-19,21,36H,4,10-14H2,1-3H3,(H,37,38,39). The third kappa shape index (κ3) is 5.56. The Morgan fingerprint density at radius 3 is 2.64 bits per heavy atom. The molecular weight excluding hydrogens is 551 g/mol. The number of halogens is 2. The molecule has 216 valence electrons. The summed E-state index contributed by atoms with van der Waals surface area (Å²) in [5.41, 5.74) is 5.96. The van der Waals surface area contributed by atoms with Gasteiger partial charge in [0.25, 0.3) is 5.56 Å². The molecule has 0 atom stereocenters. The molecule has 2 aliphatic rings. The molecule has 2 aliphatic heterocycles. The monoisotopic (exact) mass is 584 g/mol. The molecule has 0 saturated carbocycles. The molecule has 9 heteroatoms. The smallest absolute Gasteiger partial charge is 0.260 e. The van der Waals surface area contributed by atoms with Crippen molar-refractivity contribution in [1.29, 1.82) is 0 Å². The molecule has 0 bridgehead atoms. The lowest BCUT2D eigenvalue weighted by Crippen LogP contribution is -2.29. The Balaban J connectivity index is 1.29. The second kappa shape index (κ2) is 11.7. The number of hydrogen-bond donors (Lipinski definition) is 2. The van der Waals surface area contributed by atoms with E-state index in [4.69, 9.17) is 11.6 Å². The van der Waals surface area contributed by atoms with Gasteiger partial charge in [0, 0.05) is 52.2 Å². The number of nitrogens with zero attached hydrogens (tertiary/aromatic N) is 4. The highest BCUT2D eigenvalue weighted by molar-refractivity contribution is 6.33. The van der Waals surface area contributed by atoms with E-state index in [1.807, 2.05) is 44.2 Å². The van der Waals surface area contributed by atoms with Crippen molar-refractivity contribution in [2.75, 3.05) is 32.0 Å². The van der Waals surface area contributed by atoms with Crippen molar-refractivity contribution in [3.63, 3.8) is 0 Å². The maximum atomic E-state index is 15.1. The summed E-state index contributed by atoms with van der Waals surface area (Å²) in [7, 11) is 2.10. The number of aromatic nitrogens is 3. The number of hydrogen-bond acceptors (Lipinski definition) is 6. The predicted octanol–water partition coefficient (Wildman–Crippen LogP) is 6.71. The molecule has 6 rings (SSSR count). The van der Waals surface area contributed by atoms with E-state index in [-0.39, 0.29) is 17.3 Å². The first-order chi connectivity index (χ1) is 20.3. The molecular formula is C33H34ClFN6O. The molecule has 2 N–H and O–H groups in total. The molecule has 4 aromatic rings. The summed E-state index contributed by atoms with van der Waals surface area (Å²) in [6.45, 7) is 7.05. The van der Waals surface area contributed by atoms with Crippen molar-refractivity contribution >= 4 is 39.8 Å². The number of fused-ring (bicyclic) bond motifs is 1. The SMILES string of the molecule is CCn1c(=O)c(-c2ccc(C3=CCNC(C)=C3)cc2Cl)cc2cnc(Nc3ccc(C4CCN(C)CC4)c(F)c3)nc21.